The summed E-state index contributed by atoms with van der Waals surface area (Å²) in [6.07, 6.45) is 0. The molecule has 4 heteroatoms. The van der Waals surface area contributed by atoms with E-state index in [0.717, 1.165) is 0 Å². The zero-order chi connectivity index (χ0) is 28.8. The predicted octanol–water partition coefficient (Wildman–Crippen LogP) is 12.7. The maximum absolute atomic E-state index is 3.06. The Morgan fingerprint density at radius 3 is 1.77 bits per heavy atom. The molecule has 0 nitrogen and oxygen atoms in total. The number of halogens is 2. The molecule has 0 atom stereocenters. The molecule has 0 heterocycles. The third kappa shape index (κ3) is 9.64. The molecular weight excluding hydrogens is 671 g/mol. The fourth-order valence-corrected chi connectivity index (χ4v) is 5.35. The van der Waals surface area contributed by atoms with E-state index in [-0.39, 0.29) is 39.7 Å². The monoisotopic (exact) mass is 714 g/mol. The molecular formula is C40H46Cl2SiZr-4. The minimum atomic E-state index is 0. The van der Waals surface area contributed by atoms with Crippen LogP contribution in [-0.4, -0.2) is 6.88 Å². The Labute approximate surface area is 296 Å². The van der Waals surface area contributed by atoms with E-state index in [1.807, 2.05) is 0 Å². The molecule has 6 aromatic rings. The molecule has 0 unspecified atom stereocenters. The fourth-order valence-electron chi connectivity index (χ4n) is 5.35. The van der Waals surface area contributed by atoms with Gasteiger partial charge in [-0.1, -0.05) is 119 Å². The Morgan fingerprint density at radius 1 is 0.591 bits per heavy atom. The van der Waals surface area contributed by atoms with Crippen molar-refractivity contribution in [3.8, 4) is 22.3 Å². The Morgan fingerprint density at radius 2 is 1.18 bits per heavy atom. The molecule has 0 saturated heterocycles. The summed E-state index contributed by atoms with van der Waals surface area (Å²) in [6, 6.07) is 39.9. The molecule has 0 N–H and O–H groups in total. The molecule has 0 aliphatic rings. The van der Waals surface area contributed by atoms with Gasteiger partial charge in [0.05, 0.1) is 0 Å². The van der Waals surface area contributed by atoms with Crippen molar-refractivity contribution in [2.24, 2.45) is 0 Å². The van der Waals surface area contributed by atoms with Crippen molar-refractivity contribution < 1.29 is 23.3 Å². The van der Waals surface area contributed by atoms with E-state index in [2.05, 4.69) is 158 Å². The molecule has 0 bridgehead atoms. The van der Waals surface area contributed by atoms with Gasteiger partial charge >= 0.3 is 30.2 Å². The molecule has 0 amide bonds. The number of aryl methyl sites for hydroxylation is 2. The van der Waals surface area contributed by atoms with Gasteiger partial charge in [0.1, 0.15) is 0 Å². The van der Waals surface area contributed by atoms with E-state index in [1.165, 1.54) is 89.4 Å². The Balaban J connectivity index is 0.000000743. The number of hydrogen-bond acceptors (Lipinski definition) is 0. The van der Waals surface area contributed by atoms with Gasteiger partial charge in [0.15, 0.2) is 0 Å². The van der Waals surface area contributed by atoms with Crippen molar-refractivity contribution in [3.63, 3.8) is 0 Å². The summed E-state index contributed by atoms with van der Waals surface area (Å²) in [4.78, 5) is 0. The zero-order valence-corrected chi connectivity index (χ0v) is 32.5. The van der Waals surface area contributed by atoms with Crippen LogP contribution in [0.5, 0.6) is 0 Å². The molecule has 0 aromatic heterocycles. The molecule has 6 rings (SSSR count). The second-order valence-corrected chi connectivity index (χ2v) is 11.2. The predicted molar refractivity (Wildman–Crippen MR) is 201 cm³/mol. The van der Waals surface area contributed by atoms with Crippen molar-refractivity contribution in [2.45, 2.75) is 53.4 Å². The van der Waals surface area contributed by atoms with Crippen molar-refractivity contribution in [1.82, 2.24) is 0 Å². The van der Waals surface area contributed by atoms with E-state index >= 15 is 0 Å². The van der Waals surface area contributed by atoms with Crippen molar-refractivity contribution in [3.05, 3.63) is 146 Å². The van der Waals surface area contributed by atoms with Crippen molar-refractivity contribution in [2.75, 3.05) is 0 Å². The van der Waals surface area contributed by atoms with Crippen LogP contribution in [0.2, 0.25) is 0 Å². The van der Waals surface area contributed by atoms with Crippen molar-refractivity contribution >= 4 is 53.2 Å². The van der Waals surface area contributed by atoms with Crippen LogP contribution in [0.1, 0.15) is 61.8 Å². The van der Waals surface area contributed by atoms with E-state index in [1.54, 1.807) is 0 Å². The molecule has 232 valence electrons. The first-order chi connectivity index (χ1) is 19.3. The van der Waals surface area contributed by atoms with E-state index in [0.29, 0.717) is 11.8 Å². The molecule has 0 fully saturated rings. The van der Waals surface area contributed by atoms with Gasteiger partial charge in [0, 0.05) is 0 Å². The van der Waals surface area contributed by atoms with E-state index in [4.69, 9.17) is 0 Å². The van der Waals surface area contributed by atoms with Crippen LogP contribution in [0.15, 0.2) is 109 Å². The summed E-state index contributed by atoms with van der Waals surface area (Å²) in [5.41, 5.74) is 10.8. The van der Waals surface area contributed by atoms with Gasteiger partial charge in [-0.25, -0.2) is 0 Å². The third-order valence-electron chi connectivity index (χ3n) is 7.66. The first kappa shape index (κ1) is 41.8. The van der Waals surface area contributed by atoms with Gasteiger partial charge < -0.3 is 14.9 Å². The van der Waals surface area contributed by atoms with Gasteiger partial charge in [-0.3, -0.25) is 0 Å². The van der Waals surface area contributed by atoms with Crippen LogP contribution < -0.4 is 0 Å². The summed E-state index contributed by atoms with van der Waals surface area (Å²) in [7, 11) is 0. The second-order valence-electron chi connectivity index (χ2n) is 11.2. The Bertz CT molecular complexity index is 1690. The van der Waals surface area contributed by atoms with Crippen molar-refractivity contribution in [1.29, 1.82) is 0 Å². The number of rotatable bonds is 4. The SMILES string of the molecule is CC(C)c1ccc(-c2cccc3[cH-]c(C(C)C)cc23)cc1.Cc1cc2c(-c3ccccc3)ccc(C)c2[cH-]1.Cl.Cl.[CH3-].[CH3-].[Si]=[Zr]. The van der Waals surface area contributed by atoms with E-state index < -0.39 is 0 Å². The van der Waals surface area contributed by atoms with Crippen LogP contribution in [0.3, 0.4) is 0 Å². The Hall–Kier alpha value is -2.22. The van der Waals surface area contributed by atoms with Crippen LogP contribution in [-0.2, 0) is 23.3 Å². The number of hydrogen-bond donors (Lipinski definition) is 0. The number of benzene rings is 4. The first-order valence-corrected chi connectivity index (χ1v) is 18.3. The third-order valence-corrected chi connectivity index (χ3v) is 7.66. The van der Waals surface area contributed by atoms with E-state index in [9.17, 15) is 0 Å². The quantitative estimate of drug-likeness (QED) is 0.126. The first-order valence-electron chi connectivity index (χ1n) is 14.1. The van der Waals surface area contributed by atoms with Gasteiger partial charge in [0.2, 0.25) is 0 Å². The van der Waals surface area contributed by atoms with Gasteiger partial charge in [-0.05, 0) is 28.5 Å². The van der Waals surface area contributed by atoms with Crippen LogP contribution in [0.4, 0.5) is 0 Å². The van der Waals surface area contributed by atoms with Gasteiger partial charge in [-0.2, -0.15) is 12.1 Å². The van der Waals surface area contributed by atoms with Crippen LogP contribution in [0.25, 0.3) is 43.8 Å². The average Bonchev–Trinajstić information content (AvgIpc) is 3.60. The maximum atomic E-state index is 3.06. The molecule has 0 aliphatic carbocycles. The average molecular weight is 717 g/mol. The molecule has 0 spiro atoms. The minimum absolute atomic E-state index is 0. The Kier molecular flexibility index (Phi) is 18.4. The standard InChI is InChI=1S/C21H23.C17H15.2CH3.2ClH.Si.Zr/c1-14(2)16-8-10-17(11-9-16)20-7-5-6-18-12-19(15(3)4)13-21(18)20;1-12-10-16-13(2)8-9-15(17(16)11-12)14-6-4-3-5-7-14;;;;;;/h5-15H,1-4H3;3-11H,1-2H3;2*1H3;2*1H;;/q4*-1;;;;. The molecule has 0 aliphatic heterocycles. The fraction of sp³-hybridized carbons (Fsp3) is 0.200. The van der Waals surface area contributed by atoms with Gasteiger partial charge in [0.25, 0.3) is 0 Å². The summed E-state index contributed by atoms with van der Waals surface area (Å²) in [5.74, 6) is 1.16. The molecule has 0 saturated carbocycles. The summed E-state index contributed by atoms with van der Waals surface area (Å²) >= 11 is 1.36. The molecule has 6 aromatic carbocycles. The topological polar surface area (TPSA) is 0 Å². The zero-order valence-electron chi connectivity index (χ0n) is 27.4. The molecule has 44 heavy (non-hydrogen) atoms. The van der Waals surface area contributed by atoms with Gasteiger partial charge in [-0.15, -0.1) is 93.4 Å². The summed E-state index contributed by atoms with van der Waals surface area (Å²) in [6.45, 7) is 16.4. The van der Waals surface area contributed by atoms with Crippen LogP contribution in [0, 0.1) is 28.7 Å². The van der Waals surface area contributed by atoms with Crippen LogP contribution >= 0.6 is 24.8 Å². The second kappa shape index (κ2) is 19.3. The number of fused-ring (bicyclic) bond motifs is 2. The summed E-state index contributed by atoms with van der Waals surface area (Å²) < 4.78 is 0. The summed E-state index contributed by atoms with van der Waals surface area (Å²) in [5, 5.41) is 5.47. The normalized spacial score (nSPS) is 9.89. The molecule has 2 radical (unpaired) electrons.